The lowest BCUT2D eigenvalue weighted by Crippen LogP contribution is -2.49. The number of carbonyl (C=O) groups excluding carboxylic acids is 1. The predicted molar refractivity (Wildman–Crippen MR) is 126 cm³/mol. The van der Waals surface area contributed by atoms with E-state index in [1.807, 2.05) is 24.4 Å². The van der Waals surface area contributed by atoms with E-state index < -0.39 is 0 Å². The summed E-state index contributed by atoms with van der Waals surface area (Å²) in [6.45, 7) is 2.14. The first-order chi connectivity index (χ1) is 15.8. The zero-order chi connectivity index (χ0) is 22.0. The van der Waals surface area contributed by atoms with Gasteiger partial charge in [0.1, 0.15) is 5.69 Å². The van der Waals surface area contributed by atoms with Crippen LogP contribution in [-0.4, -0.2) is 28.0 Å². The van der Waals surface area contributed by atoms with Crippen LogP contribution in [0.3, 0.4) is 0 Å². The Labute approximate surface area is 189 Å². The molecule has 3 aromatic rings. The minimum Gasteiger partial charge on any atom is -0.347 e. The highest BCUT2D eigenvalue weighted by molar-refractivity contribution is 5.92. The van der Waals surface area contributed by atoms with Crippen LogP contribution in [0.4, 0.5) is 0 Å². The molecule has 1 unspecified atom stereocenters. The summed E-state index contributed by atoms with van der Waals surface area (Å²) < 4.78 is 0. The lowest BCUT2D eigenvalue weighted by Gasteiger charge is -2.33. The van der Waals surface area contributed by atoms with E-state index >= 15 is 0 Å². The highest BCUT2D eigenvalue weighted by Crippen LogP contribution is 2.19. The van der Waals surface area contributed by atoms with Crippen molar-refractivity contribution in [3.63, 3.8) is 0 Å². The Balaban J connectivity index is 1.24. The minimum atomic E-state index is -0.155. The highest BCUT2D eigenvalue weighted by atomic mass is 16.1. The van der Waals surface area contributed by atoms with Gasteiger partial charge in [0.2, 0.25) is 0 Å². The fraction of sp³-hybridized carbons (Fsp3) is 0.346. The van der Waals surface area contributed by atoms with Crippen molar-refractivity contribution in [2.45, 2.75) is 57.4 Å². The van der Waals surface area contributed by atoms with E-state index in [0.717, 1.165) is 24.3 Å². The number of rotatable bonds is 9. The Morgan fingerprint density at radius 2 is 1.38 bits per heavy atom. The fourth-order valence-electron chi connectivity index (χ4n) is 4.15. The van der Waals surface area contributed by atoms with Crippen LogP contribution in [-0.2, 0) is 19.6 Å². The first-order valence-electron chi connectivity index (χ1n) is 11.4. The van der Waals surface area contributed by atoms with Crippen molar-refractivity contribution in [3.05, 3.63) is 95.6 Å². The molecule has 2 heterocycles. The topological polar surface area (TPSA) is 78.9 Å². The van der Waals surface area contributed by atoms with Gasteiger partial charge in [-0.1, -0.05) is 49.2 Å². The van der Waals surface area contributed by atoms with Crippen molar-refractivity contribution < 1.29 is 4.79 Å². The molecule has 0 radical (unpaired) electrons. The van der Waals surface area contributed by atoms with E-state index in [1.54, 1.807) is 18.3 Å². The summed E-state index contributed by atoms with van der Waals surface area (Å²) in [6, 6.07) is 20.7. The molecule has 0 saturated heterocycles. The molecule has 0 aliphatic heterocycles. The van der Waals surface area contributed by atoms with Gasteiger partial charge in [0, 0.05) is 44.1 Å². The van der Waals surface area contributed by atoms with Crippen molar-refractivity contribution in [1.29, 1.82) is 0 Å². The quantitative estimate of drug-likeness (QED) is 0.484. The third-order valence-corrected chi connectivity index (χ3v) is 5.98. The minimum absolute atomic E-state index is 0.155. The van der Waals surface area contributed by atoms with Crippen LogP contribution in [0.2, 0.25) is 0 Å². The summed E-state index contributed by atoms with van der Waals surface area (Å²) in [4.78, 5) is 20.6. The Hall–Kier alpha value is -3.09. The lowest BCUT2D eigenvalue weighted by atomic mass is 9.90. The smallest absolute Gasteiger partial charge is 0.270 e. The van der Waals surface area contributed by atoms with Crippen molar-refractivity contribution in [2.24, 2.45) is 0 Å². The highest BCUT2D eigenvalue weighted by Gasteiger charge is 2.24. The number of hydrogen-bond acceptors (Lipinski definition) is 5. The van der Waals surface area contributed by atoms with Gasteiger partial charge in [-0.05, 0) is 48.2 Å². The molecular formula is C26H31N5O. The maximum absolute atomic E-state index is 12.1. The van der Waals surface area contributed by atoms with E-state index in [-0.39, 0.29) is 5.91 Å². The average Bonchev–Trinajstić information content (AvgIpc) is 2.87. The van der Waals surface area contributed by atoms with Gasteiger partial charge in [0.25, 0.3) is 5.91 Å². The molecule has 6 heteroatoms. The van der Waals surface area contributed by atoms with Gasteiger partial charge in [0.05, 0.1) is 5.69 Å². The monoisotopic (exact) mass is 429 g/mol. The number of nitrogens with zero attached hydrogens (tertiary/aromatic N) is 2. The normalized spacial score (nSPS) is 18.2. The number of hydrogen-bond donors (Lipinski definition) is 3. The van der Waals surface area contributed by atoms with Crippen LogP contribution in [0.1, 0.15) is 53.0 Å². The summed E-state index contributed by atoms with van der Waals surface area (Å²) in [5.41, 5.74) is 3.85. The van der Waals surface area contributed by atoms with Crippen LogP contribution in [0, 0.1) is 0 Å². The summed E-state index contributed by atoms with van der Waals surface area (Å²) in [6.07, 6.45) is 8.41. The average molecular weight is 430 g/mol. The number of pyridine rings is 2. The molecule has 1 aromatic carbocycles. The molecule has 0 bridgehead atoms. The molecule has 2 aromatic heterocycles. The Morgan fingerprint density at radius 3 is 2.00 bits per heavy atom. The zero-order valence-electron chi connectivity index (χ0n) is 18.3. The van der Waals surface area contributed by atoms with Gasteiger partial charge >= 0.3 is 0 Å². The van der Waals surface area contributed by atoms with Crippen molar-refractivity contribution >= 4 is 5.91 Å². The third-order valence-electron chi connectivity index (χ3n) is 5.98. The van der Waals surface area contributed by atoms with Crippen LogP contribution in [0.25, 0.3) is 0 Å². The largest absolute Gasteiger partial charge is 0.347 e. The first-order valence-corrected chi connectivity index (χ1v) is 11.4. The molecule has 166 valence electrons. The number of nitrogens with one attached hydrogen (secondary N) is 3. The number of amides is 1. The predicted octanol–water partition coefficient (Wildman–Crippen LogP) is 3.60. The lowest BCUT2D eigenvalue weighted by molar-refractivity contribution is 0.0946. The molecule has 2 atom stereocenters. The van der Waals surface area contributed by atoms with Gasteiger partial charge < -0.3 is 16.0 Å². The Bertz CT molecular complexity index is 963. The van der Waals surface area contributed by atoms with Crippen molar-refractivity contribution in [2.75, 3.05) is 0 Å². The van der Waals surface area contributed by atoms with Gasteiger partial charge in [-0.3, -0.25) is 14.8 Å². The fourth-order valence-corrected chi connectivity index (χ4v) is 4.15. The second-order valence-corrected chi connectivity index (χ2v) is 8.29. The third kappa shape index (κ3) is 6.45. The molecule has 1 aliphatic rings. The van der Waals surface area contributed by atoms with Crippen LogP contribution >= 0.6 is 0 Å². The molecule has 6 nitrogen and oxygen atoms in total. The van der Waals surface area contributed by atoms with E-state index in [1.165, 1.54) is 31.2 Å². The molecule has 1 amide bonds. The number of aromatic nitrogens is 2. The summed E-state index contributed by atoms with van der Waals surface area (Å²) >= 11 is 0. The van der Waals surface area contributed by atoms with Gasteiger partial charge in [-0.25, -0.2) is 0 Å². The van der Waals surface area contributed by atoms with E-state index in [2.05, 4.69) is 56.3 Å². The van der Waals surface area contributed by atoms with Crippen molar-refractivity contribution in [1.82, 2.24) is 25.9 Å². The molecule has 1 aliphatic carbocycles. The van der Waals surface area contributed by atoms with E-state index in [9.17, 15) is 4.79 Å². The van der Waals surface area contributed by atoms with E-state index in [0.29, 0.717) is 24.3 Å². The van der Waals surface area contributed by atoms with Crippen LogP contribution < -0.4 is 16.0 Å². The zero-order valence-corrected chi connectivity index (χ0v) is 18.3. The maximum Gasteiger partial charge on any atom is 0.270 e. The second-order valence-electron chi connectivity index (χ2n) is 8.29. The van der Waals surface area contributed by atoms with Crippen LogP contribution in [0.5, 0.6) is 0 Å². The second kappa shape index (κ2) is 11.5. The van der Waals surface area contributed by atoms with Crippen LogP contribution in [0.15, 0.2) is 73.1 Å². The SMILES string of the molecule is O=C(NCc1ccc(CN[C@H]2CCCCC2NCc2ccccn2)cc1)c1ccccn1. The van der Waals surface area contributed by atoms with Crippen molar-refractivity contribution in [3.8, 4) is 0 Å². The molecule has 0 spiro atoms. The molecule has 3 N–H and O–H groups in total. The van der Waals surface area contributed by atoms with Gasteiger partial charge in [0.15, 0.2) is 0 Å². The summed E-state index contributed by atoms with van der Waals surface area (Å²) in [7, 11) is 0. The molecule has 32 heavy (non-hydrogen) atoms. The maximum atomic E-state index is 12.1. The summed E-state index contributed by atoms with van der Waals surface area (Å²) in [5, 5.41) is 10.4. The number of benzene rings is 1. The van der Waals surface area contributed by atoms with E-state index in [4.69, 9.17) is 0 Å². The number of carbonyl (C=O) groups is 1. The Morgan fingerprint density at radius 1 is 0.750 bits per heavy atom. The summed E-state index contributed by atoms with van der Waals surface area (Å²) in [5.74, 6) is -0.155. The molecule has 4 rings (SSSR count). The molecule has 1 fully saturated rings. The molecular weight excluding hydrogens is 398 g/mol. The first kappa shape index (κ1) is 22.1. The standard InChI is InChI=1S/C26H31N5O/c32-26(25-10-4-6-16-28-25)31-18-21-13-11-20(12-14-21)17-29-23-8-1-2-9-24(23)30-19-22-7-3-5-15-27-22/h3-7,10-16,23-24,29-30H,1-2,8-9,17-19H2,(H,31,32)/t23-,24?/m0/s1. The van der Waals surface area contributed by atoms with Gasteiger partial charge in [-0.2, -0.15) is 0 Å². The molecule has 1 saturated carbocycles. The Kier molecular flexibility index (Phi) is 7.95. The van der Waals surface area contributed by atoms with Gasteiger partial charge in [-0.15, -0.1) is 0 Å².